The summed E-state index contributed by atoms with van der Waals surface area (Å²) in [5.41, 5.74) is 1.09. The molecule has 152 valence electrons. The van der Waals surface area contributed by atoms with E-state index in [1.54, 1.807) is 53.4 Å². The second-order valence-corrected chi connectivity index (χ2v) is 7.10. The van der Waals surface area contributed by atoms with Gasteiger partial charge in [0.15, 0.2) is 0 Å². The normalized spacial score (nSPS) is 14.3. The molecule has 0 radical (unpaired) electrons. The van der Waals surface area contributed by atoms with E-state index >= 15 is 0 Å². The third-order valence-corrected chi connectivity index (χ3v) is 5.04. The highest BCUT2D eigenvalue weighted by molar-refractivity contribution is 6.39. The molecule has 0 aliphatic carbocycles. The van der Waals surface area contributed by atoms with Crippen molar-refractivity contribution in [1.82, 2.24) is 15.1 Å². The monoisotopic (exact) mass is 414 g/mol. The van der Waals surface area contributed by atoms with Gasteiger partial charge in [-0.05, 0) is 24.3 Å². The number of hydrogen-bond acceptors (Lipinski definition) is 4. The SMILES string of the molecule is O=C(NCCN1CCN(C(=O)c2ccccc2Cl)CC1)C(=O)Nc1ccccc1. The Bertz CT molecular complexity index is 867. The Hall–Kier alpha value is -2.90. The second-order valence-electron chi connectivity index (χ2n) is 6.69. The molecule has 2 aromatic rings. The maximum absolute atomic E-state index is 12.6. The lowest BCUT2D eigenvalue weighted by molar-refractivity contribution is -0.136. The van der Waals surface area contributed by atoms with Gasteiger partial charge in [0.2, 0.25) is 0 Å². The number of benzene rings is 2. The molecule has 0 bridgehead atoms. The summed E-state index contributed by atoms with van der Waals surface area (Å²) in [4.78, 5) is 40.3. The minimum absolute atomic E-state index is 0.0684. The van der Waals surface area contributed by atoms with Crippen molar-refractivity contribution in [2.45, 2.75) is 0 Å². The number of nitrogens with one attached hydrogen (secondary N) is 2. The van der Waals surface area contributed by atoms with Crippen LogP contribution < -0.4 is 10.6 Å². The molecule has 3 rings (SSSR count). The minimum Gasteiger partial charge on any atom is -0.347 e. The van der Waals surface area contributed by atoms with Crippen molar-refractivity contribution < 1.29 is 14.4 Å². The first-order valence-electron chi connectivity index (χ1n) is 9.45. The van der Waals surface area contributed by atoms with E-state index in [9.17, 15) is 14.4 Å². The molecule has 1 fully saturated rings. The summed E-state index contributed by atoms with van der Waals surface area (Å²) in [7, 11) is 0. The Balaban J connectivity index is 1.38. The molecule has 2 N–H and O–H groups in total. The van der Waals surface area contributed by atoms with Crippen LogP contribution in [-0.4, -0.2) is 66.8 Å². The molecule has 0 unspecified atom stereocenters. The Morgan fingerprint density at radius 1 is 0.862 bits per heavy atom. The van der Waals surface area contributed by atoms with Crippen LogP contribution in [0.15, 0.2) is 54.6 Å². The van der Waals surface area contributed by atoms with E-state index in [-0.39, 0.29) is 5.91 Å². The van der Waals surface area contributed by atoms with Crippen LogP contribution >= 0.6 is 11.6 Å². The van der Waals surface area contributed by atoms with E-state index in [2.05, 4.69) is 15.5 Å². The zero-order chi connectivity index (χ0) is 20.6. The molecule has 0 aromatic heterocycles. The highest BCUT2D eigenvalue weighted by atomic mass is 35.5. The van der Waals surface area contributed by atoms with Crippen LogP contribution in [0.25, 0.3) is 0 Å². The van der Waals surface area contributed by atoms with E-state index in [0.29, 0.717) is 55.5 Å². The number of hydrogen-bond donors (Lipinski definition) is 2. The molecule has 3 amide bonds. The fourth-order valence-electron chi connectivity index (χ4n) is 3.10. The molecule has 7 nitrogen and oxygen atoms in total. The molecule has 0 atom stereocenters. The van der Waals surface area contributed by atoms with Gasteiger partial charge in [0.25, 0.3) is 5.91 Å². The molecule has 0 saturated carbocycles. The van der Waals surface area contributed by atoms with E-state index in [0.717, 1.165) is 0 Å². The predicted molar refractivity (Wildman–Crippen MR) is 112 cm³/mol. The summed E-state index contributed by atoms with van der Waals surface area (Å²) in [6, 6.07) is 15.9. The summed E-state index contributed by atoms with van der Waals surface area (Å²) in [5, 5.41) is 5.63. The standard InChI is InChI=1S/C21H23ClN4O3/c22-18-9-5-4-8-17(18)21(29)26-14-12-25(13-15-26)11-10-23-19(27)20(28)24-16-6-2-1-3-7-16/h1-9H,10-15H2,(H,23,27)(H,24,28). The Morgan fingerprint density at radius 3 is 2.21 bits per heavy atom. The van der Waals surface area contributed by atoms with Gasteiger partial charge in [-0.2, -0.15) is 0 Å². The number of para-hydroxylation sites is 1. The highest BCUT2D eigenvalue weighted by Crippen LogP contribution is 2.18. The van der Waals surface area contributed by atoms with Crippen molar-refractivity contribution >= 4 is 35.0 Å². The molecule has 0 spiro atoms. The van der Waals surface area contributed by atoms with Crippen molar-refractivity contribution in [2.24, 2.45) is 0 Å². The fourth-order valence-corrected chi connectivity index (χ4v) is 3.31. The second kappa shape index (κ2) is 10.0. The van der Waals surface area contributed by atoms with Crippen LogP contribution in [0.2, 0.25) is 5.02 Å². The average molecular weight is 415 g/mol. The van der Waals surface area contributed by atoms with Gasteiger partial charge >= 0.3 is 11.8 Å². The third-order valence-electron chi connectivity index (χ3n) is 4.72. The maximum Gasteiger partial charge on any atom is 0.313 e. The molecule has 1 aliphatic rings. The number of halogens is 1. The summed E-state index contributed by atoms with van der Waals surface area (Å²) < 4.78 is 0. The van der Waals surface area contributed by atoms with Gasteiger partial charge in [-0.1, -0.05) is 41.9 Å². The zero-order valence-corrected chi connectivity index (χ0v) is 16.7. The van der Waals surface area contributed by atoms with Gasteiger partial charge in [0.1, 0.15) is 0 Å². The number of piperazine rings is 1. The Labute approximate surface area is 174 Å². The molecule has 29 heavy (non-hydrogen) atoms. The Morgan fingerprint density at radius 2 is 1.52 bits per heavy atom. The number of nitrogens with zero attached hydrogens (tertiary/aromatic N) is 2. The molecule has 2 aromatic carbocycles. The van der Waals surface area contributed by atoms with Crippen molar-refractivity contribution in [3.63, 3.8) is 0 Å². The summed E-state index contributed by atoms with van der Waals surface area (Å²) in [5.74, 6) is -1.42. The van der Waals surface area contributed by atoms with E-state index in [4.69, 9.17) is 11.6 Å². The van der Waals surface area contributed by atoms with Gasteiger partial charge in [-0.25, -0.2) is 0 Å². The lowest BCUT2D eigenvalue weighted by Gasteiger charge is -2.34. The van der Waals surface area contributed by atoms with E-state index in [1.165, 1.54) is 0 Å². The molecule has 1 saturated heterocycles. The number of amides is 3. The van der Waals surface area contributed by atoms with E-state index in [1.807, 2.05) is 6.07 Å². The van der Waals surface area contributed by atoms with Gasteiger partial charge in [0.05, 0.1) is 10.6 Å². The molecule has 1 aliphatic heterocycles. The molecule has 8 heteroatoms. The fraction of sp³-hybridized carbons (Fsp3) is 0.286. The first kappa shape index (κ1) is 20.8. The molecular formula is C21H23ClN4O3. The number of carbonyl (C=O) groups excluding carboxylic acids is 3. The van der Waals surface area contributed by atoms with Gasteiger partial charge < -0.3 is 15.5 Å². The van der Waals surface area contributed by atoms with Crippen molar-refractivity contribution in [3.05, 3.63) is 65.2 Å². The lowest BCUT2D eigenvalue weighted by atomic mass is 10.2. The quantitative estimate of drug-likeness (QED) is 0.731. The zero-order valence-electron chi connectivity index (χ0n) is 15.9. The average Bonchev–Trinajstić information content (AvgIpc) is 2.75. The van der Waals surface area contributed by atoms with Gasteiger partial charge in [-0.15, -0.1) is 0 Å². The van der Waals surface area contributed by atoms with Gasteiger partial charge in [-0.3, -0.25) is 19.3 Å². The number of anilines is 1. The maximum atomic E-state index is 12.6. The van der Waals surface area contributed by atoms with Crippen LogP contribution in [-0.2, 0) is 9.59 Å². The van der Waals surface area contributed by atoms with Crippen LogP contribution in [0, 0.1) is 0 Å². The van der Waals surface area contributed by atoms with Gasteiger partial charge in [0, 0.05) is 45.0 Å². The third kappa shape index (κ3) is 5.79. The van der Waals surface area contributed by atoms with Crippen molar-refractivity contribution in [1.29, 1.82) is 0 Å². The highest BCUT2D eigenvalue weighted by Gasteiger charge is 2.23. The van der Waals surface area contributed by atoms with Crippen LogP contribution in [0.3, 0.4) is 0 Å². The van der Waals surface area contributed by atoms with E-state index < -0.39 is 11.8 Å². The lowest BCUT2D eigenvalue weighted by Crippen LogP contribution is -2.50. The van der Waals surface area contributed by atoms with Crippen molar-refractivity contribution in [2.75, 3.05) is 44.6 Å². The van der Waals surface area contributed by atoms with Crippen LogP contribution in [0.5, 0.6) is 0 Å². The smallest absolute Gasteiger partial charge is 0.313 e. The topological polar surface area (TPSA) is 81.8 Å². The summed E-state index contributed by atoms with van der Waals surface area (Å²) >= 11 is 6.11. The number of rotatable bonds is 5. The van der Waals surface area contributed by atoms with Crippen LogP contribution in [0.4, 0.5) is 5.69 Å². The van der Waals surface area contributed by atoms with Crippen LogP contribution in [0.1, 0.15) is 10.4 Å². The van der Waals surface area contributed by atoms with Crippen molar-refractivity contribution in [3.8, 4) is 0 Å². The summed E-state index contributed by atoms with van der Waals surface area (Å²) in [6.07, 6.45) is 0. The largest absolute Gasteiger partial charge is 0.347 e. The predicted octanol–water partition coefficient (Wildman–Crippen LogP) is 1.85. The first-order chi connectivity index (χ1) is 14.0. The minimum atomic E-state index is -0.689. The number of carbonyl (C=O) groups is 3. The molecular weight excluding hydrogens is 392 g/mol. The first-order valence-corrected chi connectivity index (χ1v) is 9.83. The molecule has 1 heterocycles. The Kier molecular flexibility index (Phi) is 7.21. The summed E-state index contributed by atoms with van der Waals surface area (Å²) in [6.45, 7) is 3.54.